The summed E-state index contributed by atoms with van der Waals surface area (Å²) in [5.41, 5.74) is 0. The molecule has 1 fully saturated rings. The van der Waals surface area contributed by atoms with E-state index in [4.69, 9.17) is 14.2 Å². The molecular formula is C19H32N2O8S. The lowest BCUT2D eigenvalue weighted by Crippen LogP contribution is -2.53. The Morgan fingerprint density at radius 1 is 1.07 bits per heavy atom. The summed E-state index contributed by atoms with van der Waals surface area (Å²) in [6.45, 7) is 9.60. The molecule has 1 heterocycles. The summed E-state index contributed by atoms with van der Waals surface area (Å²) in [4.78, 5) is 49.1. The van der Waals surface area contributed by atoms with Gasteiger partial charge in [-0.25, -0.2) is 9.59 Å². The van der Waals surface area contributed by atoms with Gasteiger partial charge in [-0.3, -0.25) is 14.5 Å². The maximum atomic E-state index is 12.6. The highest BCUT2D eigenvalue weighted by molar-refractivity contribution is 8.14. The number of rotatable bonds is 11. The molecule has 0 aromatic carbocycles. The average Bonchev–Trinajstić information content (AvgIpc) is 2.65. The van der Waals surface area contributed by atoms with E-state index in [1.165, 1.54) is 13.8 Å². The van der Waals surface area contributed by atoms with Gasteiger partial charge in [-0.05, 0) is 45.0 Å². The Balaban J connectivity index is 2.47. The molecule has 1 N–H and O–H groups in total. The molecule has 0 unspecified atom stereocenters. The third-order valence-corrected chi connectivity index (χ3v) is 5.33. The van der Waals surface area contributed by atoms with Crippen molar-refractivity contribution in [2.75, 3.05) is 46.2 Å². The Hall–Kier alpha value is -1.85. The molecule has 0 aromatic rings. The number of ether oxygens (including phenoxy) is 4. The first-order chi connectivity index (χ1) is 14.1. The lowest BCUT2D eigenvalue weighted by atomic mass is 10.0. The predicted molar refractivity (Wildman–Crippen MR) is 110 cm³/mol. The van der Waals surface area contributed by atoms with Crippen molar-refractivity contribution in [3.63, 3.8) is 0 Å². The molecule has 11 heteroatoms. The zero-order valence-corrected chi connectivity index (χ0v) is 18.9. The van der Waals surface area contributed by atoms with E-state index in [1.807, 2.05) is 0 Å². The summed E-state index contributed by atoms with van der Waals surface area (Å²) < 4.78 is 18.9. The van der Waals surface area contributed by atoms with Crippen LogP contribution in [0.2, 0.25) is 0 Å². The van der Waals surface area contributed by atoms with Crippen LogP contribution in [0.3, 0.4) is 0 Å². The van der Waals surface area contributed by atoms with Gasteiger partial charge in [0.05, 0.1) is 24.6 Å². The maximum Gasteiger partial charge on any atom is 0.370 e. The molecule has 1 atom stereocenters. The van der Waals surface area contributed by atoms with E-state index in [0.29, 0.717) is 18.2 Å². The van der Waals surface area contributed by atoms with Crippen LogP contribution < -0.4 is 5.32 Å². The number of nitrogens with zero attached hydrogens (tertiary/aromatic N) is 1. The minimum absolute atomic E-state index is 0.219. The van der Waals surface area contributed by atoms with Crippen LogP contribution in [0.15, 0.2) is 0 Å². The molecule has 1 amide bonds. The lowest BCUT2D eigenvalue weighted by molar-refractivity contribution is -0.149. The highest BCUT2D eigenvalue weighted by Gasteiger charge is 2.40. The Kier molecular flexibility index (Phi) is 11.7. The summed E-state index contributed by atoms with van der Waals surface area (Å²) in [6, 6.07) is -1.06. The molecule has 0 aliphatic carbocycles. The number of nitrogens with one attached hydrogen (secondary N) is 1. The molecule has 30 heavy (non-hydrogen) atoms. The SMILES string of the molecule is CC(=O)N[C@@H](C(=O)OCCCCN1CCOCC1)C(C)(C)SC(=O)OCOC(C)=O. The first-order valence-electron chi connectivity index (χ1n) is 9.85. The quantitative estimate of drug-likeness (QED) is 0.281. The highest BCUT2D eigenvalue weighted by atomic mass is 32.2. The lowest BCUT2D eigenvalue weighted by Gasteiger charge is -2.31. The zero-order chi connectivity index (χ0) is 22.6. The second kappa shape index (κ2) is 13.5. The van der Waals surface area contributed by atoms with E-state index < -0.39 is 40.7 Å². The molecule has 0 spiro atoms. The van der Waals surface area contributed by atoms with Crippen LogP contribution in [0.25, 0.3) is 0 Å². The molecule has 1 aliphatic rings. The van der Waals surface area contributed by atoms with Crippen LogP contribution in [0.1, 0.15) is 40.5 Å². The van der Waals surface area contributed by atoms with Crippen LogP contribution in [-0.2, 0) is 33.3 Å². The van der Waals surface area contributed by atoms with Crippen molar-refractivity contribution in [3.05, 3.63) is 0 Å². The number of thioether (sulfide) groups is 1. The Morgan fingerprint density at radius 3 is 2.33 bits per heavy atom. The standard InChI is InChI=1S/C19H32N2O8S/c1-14(22)20-16(19(3,4)30-18(25)29-13-28-15(2)23)17(24)27-10-6-5-7-21-8-11-26-12-9-21/h16H,5-13H2,1-4H3,(H,20,22)/t16-/m0/s1. The molecule has 0 saturated carbocycles. The van der Waals surface area contributed by atoms with Crippen molar-refractivity contribution in [2.45, 2.75) is 51.3 Å². The Bertz CT molecular complexity index is 593. The number of unbranched alkanes of at least 4 members (excludes halogenated alkanes) is 1. The van der Waals surface area contributed by atoms with E-state index in [0.717, 1.165) is 39.3 Å². The van der Waals surface area contributed by atoms with Gasteiger partial charge in [-0.2, -0.15) is 0 Å². The molecule has 10 nitrogen and oxygen atoms in total. The highest BCUT2D eigenvalue weighted by Crippen LogP contribution is 2.30. The van der Waals surface area contributed by atoms with Gasteiger partial charge in [0.15, 0.2) is 0 Å². The number of carbonyl (C=O) groups is 4. The smallest absolute Gasteiger partial charge is 0.370 e. The molecule has 1 saturated heterocycles. The van der Waals surface area contributed by atoms with Gasteiger partial charge in [0.1, 0.15) is 6.04 Å². The maximum absolute atomic E-state index is 12.6. The molecule has 1 rings (SSSR count). The van der Waals surface area contributed by atoms with Crippen LogP contribution >= 0.6 is 11.8 Å². The number of hydrogen-bond acceptors (Lipinski definition) is 10. The van der Waals surface area contributed by atoms with E-state index in [1.54, 1.807) is 13.8 Å². The fourth-order valence-corrected chi connectivity index (χ4v) is 3.51. The third kappa shape index (κ3) is 10.8. The number of amides is 1. The van der Waals surface area contributed by atoms with Crippen LogP contribution in [0.5, 0.6) is 0 Å². The number of morpholine rings is 1. The number of esters is 2. The van der Waals surface area contributed by atoms with Gasteiger partial charge < -0.3 is 24.3 Å². The van der Waals surface area contributed by atoms with Gasteiger partial charge in [-0.1, -0.05) is 0 Å². The summed E-state index contributed by atoms with van der Waals surface area (Å²) in [7, 11) is 0. The van der Waals surface area contributed by atoms with Crippen LogP contribution in [-0.4, -0.2) is 85.1 Å². The molecule has 1 aliphatic heterocycles. The summed E-state index contributed by atoms with van der Waals surface area (Å²) in [6.07, 6.45) is 1.56. The van der Waals surface area contributed by atoms with Gasteiger partial charge in [0, 0.05) is 26.9 Å². The summed E-state index contributed by atoms with van der Waals surface area (Å²) >= 11 is 0.708. The van der Waals surface area contributed by atoms with Crippen molar-refractivity contribution in [1.82, 2.24) is 10.2 Å². The van der Waals surface area contributed by atoms with Crippen LogP contribution in [0.4, 0.5) is 4.79 Å². The molecule has 0 aromatic heterocycles. The second-order valence-electron chi connectivity index (χ2n) is 7.32. The van der Waals surface area contributed by atoms with Gasteiger partial charge in [0.25, 0.3) is 0 Å². The number of hydrogen-bond donors (Lipinski definition) is 1. The predicted octanol–water partition coefficient (Wildman–Crippen LogP) is 1.32. The van der Waals surface area contributed by atoms with Crippen molar-refractivity contribution in [2.24, 2.45) is 0 Å². The number of carbonyl (C=O) groups excluding carboxylic acids is 4. The second-order valence-corrected chi connectivity index (χ2v) is 8.91. The molecule has 172 valence electrons. The van der Waals surface area contributed by atoms with E-state index >= 15 is 0 Å². The molecular weight excluding hydrogens is 416 g/mol. The van der Waals surface area contributed by atoms with Crippen molar-refractivity contribution >= 4 is 34.9 Å². The van der Waals surface area contributed by atoms with Crippen molar-refractivity contribution < 1.29 is 38.1 Å². The first kappa shape index (κ1) is 26.2. The Labute approximate surface area is 181 Å². The van der Waals surface area contributed by atoms with Crippen molar-refractivity contribution in [3.8, 4) is 0 Å². The van der Waals surface area contributed by atoms with Gasteiger partial charge in [0.2, 0.25) is 12.7 Å². The normalized spacial score (nSPS) is 15.7. The minimum atomic E-state index is -1.06. The van der Waals surface area contributed by atoms with E-state index in [-0.39, 0.29) is 6.61 Å². The Morgan fingerprint density at radius 2 is 1.73 bits per heavy atom. The monoisotopic (exact) mass is 448 g/mol. The summed E-state index contributed by atoms with van der Waals surface area (Å²) in [5, 5.41) is 1.80. The summed E-state index contributed by atoms with van der Waals surface area (Å²) in [5.74, 6) is -1.63. The van der Waals surface area contributed by atoms with E-state index in [9.17, 15) is 19.2 Å². The average molecular weight is 449 g/mol. The van der Waals surface area contributed by atoms with Gasteiger partial charge >= 0.3 is 17.2 Å². The van der Waals surface area contributed by atoms with Crippen LogP contribution in [0, 0.1) is 0 Å². The largest absolute Gasteiger partial charge is 0.464 e. The fraction of sp³-hybridized carbons (Fsp3) is 0.789. The topological polar surface area (TPSA) is 120 Å². The van der Waals surface area contributed by atoms with Crippen molar-refractivity contribution in [1.29, 1.82) is 0 Å². The van der Waals surface area contributed by atoms with Gasteiger partial charge in [-0.15, -0.1) is 0 Å². The minimum Gasteiger partial charge on any atom is -0.464 e. The fourth-order valence-electron chi connectivity index (χ4n) is 2.70. The molecule has 0 radical (unpaired) electrons. The van der Waals surface area contributed by atoms with E-state index in [2.05, 4.69) is 15.0 Å². The first-order valence-corrected chi connectivity index (χ1v) is 10.7. The molecule has 0 bridgehead atoms. The zero-order valence-electron chi connectivity index (χ0n) is 18.1. The third-order valence-electron chi connectivity index (χ3n) is 4.28.